The Kier molecular flexibility index (Phi) is 8.30. The second kappa shape index (κ2) is 11.4. The second-order valence-electron chi connectivity index (χ2n) is 9.04. The summed E-state index contributed by atoms with van der Waals surface area (Å²) in [5, 5.41) is 3.47. The van der Waals surface area contributed by atoms with Gasteiger partial charge in [0.05, 0.1) is 17.1 Å². The van der Waals surface area contributed by atoms with Gasteiger partial charge < -0.3 is 20.0 Å². The molecule has 0 amide bonds. The van der Waals surface area contributed by atoms with Crippen LogP contribution in [0.4, 0.5) is 17.1 Å². The van der Waals surface area contributed by atoms with Crippen LogP contribution in [0.2, 0.25) is 0 Å². The highest BCUT2D eigenvalue weighted by molar-refractivity contribution is 7.99. The number of aryl methyl sites for hydroxylation is 2. The number of para-hydroxylation sites is 3. The molecular weight excluding hydrogens is 460 g/mol. The van der Waals surface area contributed by atoms with Crippen molar-refractivity contribution in [2.45, 2.75) is 23.6 Å². The predicted molar refractivity (Wildman–Crippen MR) is 150 cm³/mol. The van der Waals surface area contributed by atoms with Gasteiger partial charge in [-0.25, -0.2) is 0 Å². The predicted octanol–water partition coefficient (Wildman–Crippen LogP) is 5.61. The summed E-state index contributed by atoms with van der Waals surface area (Å²) in [4.78, 5) is 10.4. The van der Waals surface area contributed by atoms with E-state index in [2.05, 4.69) is 101 Å². The van der Waals surface area contributed by atoms with E-state index in [0.29, 0.717) is 0 Å². The van der Waals surface area contributed by atoms with Crippen molar-refractivity contribution in [3.63, 3.8) is 0 Å². The van der Waals surface area contributed by atoms with E-state index in [-0.39, 0.29) is 12.4 Å². The average molecular weight is 495 g/mol. The number of rotatable bonds is 5. The highest BCUT2D eigenvalue weighted by Crippen LogP contribution is 2.38. The number of piperazine rings is 2. The van der Waals surface area contributed by atoms with Crippen LogP contribution < -0.4 is 20.0 Å². The first-order chi connectivity index (χ1) is 16.2. The van der Waals surface area contributed by atoms with Gasteiger partial charge in [0.2, 0.25) is 0 Å². The van der Waals surface area contributed by atoms with Crippen LogP contribution in [0.3, 0.4) is 0 Å². The van der Waals surface area contributed by atoms with Crippen molar-refractivity contribution in [1.82, 2.24) is 5.32 Å². The summed E-state index contributed by atoms with van der Waals surface area (Å²) in [6.45, 7) is 12.9. The molecule has 2 heterocycles. The molecule has 0 atom stereocenters. The molecule has 0 unspecified atom stereocenters. The third kappa shape index (κ3) is 5.48. The van der Waals surface area contributed by atoms with E-state index in [9.17, 15) is 0 Å². The number of nitrogens with zero attached hydrogens (tertiary/aromatic N) is 3. The quantitative estimate of drug-likeness (QED) is 0.496. The van der Waals surface area contributed by atoms with E-state index < -0.39 is 0 Å². The molecule has 34 heavy (non-hydrogen) atoms. The lowest BCUT2D eigenvalue weighted by atomic mass is 10.1. The molecular formula is C28H35ClN4S. The lowest BCUT2D eigenvalue weighted by Gasteiger charge is -2.40. The van der Waals surface area contributed by atoms with Crippen molar-refractivity contribution < 1.29 is 0 Å². The molecule has 2 aliphatic heterocycles. The third-order valence-corrected chi connectivity index (χ3v) is 7.96. The Labute approximate surface area is 214 Å². The first-order valence-electron chi connectivity index (χ1n) is 12.1. The lowest BCUT2D eigenvalue weighted by Crippen LogP contribution is -2.48. The van der Waals surface area contributed by atoms with Gasteiger partial charge in [-0.05, 0) is 49.7 Å². The third-order valence-electron chi connectivity index (χ3n) is 6.72. The molecule has 3 aromatic carbocycles. The molecule has 5 rings (SSSR count). The van der Waals surface area contributed by atoms with Gasteiger partial charge in [0.25, 0.3) is 0 Å². The zero-order valence-corrected chi connectivity index (χ0v) is 21.8. The average Bonchev–Trinajstić information content (AvgIpc) is 2.87. The first kappa shape index (κ1) is 24.8. The molecule has 1 N–H and O–H groups in total. The Morgan fingerprint density at radius 3 is 1.76 bits per heavy atom. The number of hydrogen-bond acceptors (Lipinski definition) is 5. The maximum absolute atomic E-state index is 3.47. The molecule has 6 heteroatoms. The summed E-state index contributed by atoms with van der Waals surface area (Å²) in [5.74, 6) is 0. The molecule has 0 spiro atoms. The number of nitrogens with one attached hydrogen (secondary N) is 1. The Hall–Kier alpha value is -2.34. The van der Waals surface area contributed by atoms with E-state index in [1.165, 1.54) is 38.0 Å². The van der Waals surface area contributed by atoms with Crippen LogP contribution in [0.5, 0.6) is 0 Å². The minimum Gasteiger partial charge on any atom is -0.367 e. The van der Waals surface area contributed by atoms with Crippen LogP contribution >= 0.6 is 24.2 Å². The molecule has 3 aromatic rings. The summed E-state index contributed by atoms with van der Waals surface area (Å²) >= 11 is 1.89. The van der Waals surface area contributed by atoms with Crippen molar-refractivity contribution in [2.24, 2.45) is 0 Å². The molecule has 0 radical (unpaired) electrons. The standard InChI is InChI=1S/C28H34N4S.ClH/c1-22-11-12-27(23(2)21-22)33-28-10-6-5-9-26(28)32-19-17-31(18-20-32)25-8-4-3-7-24(25)30-15-13-29-14-16-30;/h3-12,21,29H,13-20H2,1-2H3;1H. The number of halogens is 1. The zero-order valence-electron chi connectivity index (χ0n) is 20.2. The topological polar surface area (TPSA) is 21.8 Å². The SMILES string of the molecule is Cc1ccc(Sc2ccccc2N2CCN(c3ccccc3N3CCNCC3)CC2)c(C)c1.Cl. The van der Waals surface area contributed by atoms with Gasteiger partial charge in [-0.2, -0.15) is 0 Å². The second-order valence-corrected chi connectivity index (χ2v) is 10.1. The largest absolute Gasteiger partial charge is 0.367 e. The van der Waals surface area contributed by atoms with E-state index in [4.69, 9.17) is 0 Å². The first-order valence-corrected chi connectivity index (χ1v) is 12.9. The van der Waals surface area contributed by atoms with Gasteiger partial charge in [-0.3, -0.25) is 0 Å². The summed E-state index contributed by atoms with van der Waals surface area (Å²) in [7, 11) is 0. The molecule has 2 fully saturated rings. The maximum atomic E-state index is 3.47. The lowest BCUT2D eigenvalue weighted by molar-refractivity contribution is 0.587. The van der Waals surface area contributed by atoms with Crippen LogP contribution in [-0.2, 0) is 0 Å². The molecule has 0 saturated carbocycles. The highest BCUT2D eigenvalue weighted by Gasteiger charge is 2.23. The minimum absolute atomic E-state index is 0. The van der Waals surface area contributed by atoms with Gasteiger partial charge in [0.15, 0.2) is 0 Å². The van der Waals surface area contributed by atoms with Gasteiger partial charge in [-0.15, -0.1) is 12.4 Å². The van der Waals surface area contributed by atoms with Crippen molar-refractivity contribution in [1.29, 1.82) is 0 Å². The molecule has 0 aliphatic carbocycles. The molecule has 0 bridgehead atoms. The van der Waals surface area contributed by atoms with E-state index in [1.54, 1.807) is 0 Å². The van der Waals surface area contributed by atoms with Gasteiger partial charge >= 0.3 is 0 Å². The minimum atomic E-state index is 0. The van der Waals surface area contributed by atoms with Crippen molar-refractivity contribution in [3.8, 4) is 0 Å². The Morgan fingerprint density at radius 1 is 0.618 bits per heavy atom. The molecule has 4 nitrogen and oxygen atoms in total. The number of anilines is 3. The smallest absolute Gasteiger partial charge is 0.0605 e. The van der Waals surface area contributed by atoms with Gasteiger partial charge in [-0.1, -0.05) is 53.7 Å². The monoisotopic (exact) mass is 494 g/mol. The fourth-order valence-corrected chi connectivity index (χ4v) is 5.97. The van der Waals surface area contributed by atoms with Crippen molar-refractivity contribution >= 4 is 41.2 Å². The van der Waals surface area contributed by atoms with Gasteiger partial charge in [0.1, 0.15) is 0 Å². The fourth-order valence-electron chi connectivity index (χ4n) is 4.93. The Bertz CT molecular complexity index is 1090. The zero-order chi connectivity index (χ0) is 22.6. The van der Waals surface area contributed by atoms with Crippen LogP contribution in [0.25, 0.3) is 0 Å². The summed E-state index contributed by atoms with van der Waals surface area (Å²) < 4.78 is 0. The number of hydrogen-bond donors (Lipinski definition) is 1. The maximum Gasteiger partial charge on any atom is 0.0605 e. The van der Waals surface area contributed by atoms with Crippen LogP contribution in [-0.4, -0.2) is 52.4 Å². The molecule has 2 aliphatic rings. The van der Waals surface area contributed by atoms with Crippen molar-refractivity contribution in [3.05, 3.63) is 77.9 Å². The van der Waals surface area contributed by atoms with E-state index in [1.807, 2.05) is 11.8 Å². The van der Waals surface area contributed by atoms with E-state index >= 15 is 0 Å². The van der Waals surface area contributed by atoms with Crippen LogP contribution in [0.15, 0.2) is 76.5 Å². The highest BCUT2D eigenvalue weighted by atomic mass is 35.5. The van der Waals surface area contributed by atoms with Crippen LogP contribution in [0.1, 0.15) is 11.1 Å². The fraction of sp³-hybridized carbons (Fsp3) is 0.357. The van der Waals surface area contributed by atoms with E-state index in [0.717, 1.165) is 52.4 Å². The van der Waals surface area contributed by atoms with Crippen molar-refractivity contribution in [2.75, 3.05) is 67.1 Å². The molecule has 0 aromatic heterocycles. The molecule has 2 saturated heterocycles. The Balaban J connectivity index is 0.00000274. The summed E-state index contributed by atoms with van der Waals surface area (Å²) in [6, 6.07) is 24.6. The number of benzene rings is 3. The van der Waals surface area contributed by atoms with Gasteiger partial charge in [0, 0.05) is 62.1 Å². The van der Waals surface area contributed by atoms with Crippen LogP contribution in [0, 0.1) is 13.8 Å². The molecule has 180 valence electrons. The Morgan fingerprint density at radius 2 is 1.15 bits per heavy atom. The summed E-state index contributed by atoms with van der Waals surface area (Å²) in [5.41, 5.74) is 6.80. The summed E-state index contributed by atoms with van der Waals surface area (Å²) in [6.07, 6.45) is 0. The normalized spacial score (nSPS) is 16.4.